The molecule has 1 N–H and O–H groups in total. The molecule has 0 aliphatic heterocycles. The lowest BCUT2D eigenvalue weighted by atomic mass is 10.1. The lowest BCUT2D eigenvalue weighted by molar-refractivity contribution is -0.123. The maximum Gasteiger partial charge on any atom is 0.277 e. The first-order valence-electron chi connectivity index (χ1n) is 8.98. The largest absolute Gasteiger partial charge is 0.493 e. The highest BCUT2D eigenvalue weighted by atomic mass is 16.5. The van der Waals surface area contributed by atoms with Gasteiger partial charge in [0.05, 0.1) is 12.8 Å². The van der Waals surface area contributed by atoms with Gasteiger partial charge in [-0.15, -0.1) is 0 Å². The minimum atomic E-state index is -0.315. The quantitative estimate of drug-likeness (QED) is 0.519. The summed E-state index contributed by atoms with van der Waals surface area (Å²) < 4.78 is 11.0. The molecule has 138 valence electrons. The molecular formula is C21H26N2O3. The predicted molar refractivity (Wildman–Crippen MR) is 104 cm³/mol. The first-order valence-corrected chi connectivity index (χ1v) is 8.98. The minimum Gasteiger partial charge on any atom is -0.493 e. The van der Waals surface area contributed by atoms with E-state index in [4.69, 9.17) is 9.47 Å². The van der Waals surface area contributed by atoms with Gasteiger partial charge in [0, 0.05) is 5.56 Å². The summed E-state index contributed by atoms with van der Waals surface area (Å²) in [6.07, 6.45) is 4.97. The fourth-order valence-corrected chi connectivity index (χ4v) is 2.36. The Balaban J connectivity index is 1.78. The molecular weight excluding hydrogens is 328 g/mol. The van der Waals surface area contributed by atoms with Crippen molar-refractivity contribution in [3.63, 3.8) is 0 Å². The molecule has 5 nitrogen and oxygen atoms in total. The lowest BCUT2D eigenvalue weighted by Crippen LogP contribution is -2.24. The summed E-state index contributed by atoms with van der Waals surface area (Å²) >= 11 is 0. The van der Waals surface area contributed by atoms with Crippen LogP contribution in [-0.2, 0) is 11.2 Å². The van der Waals surface area contributed by atoms with Gasteiger partial charge in [-0.1, -0.05) is 37.6 Å². The van der Waals surface area contributed by atoms with Crippen molar-refractivity contribution in [2.24, 2.45) is 5.10 Å². The first kappa shape index (κ1) is 19.5. The molecule has 0 atom stereocenters. The second-order valence-electron chi connectivity index (χ2n) is 5.80. The number of benzene rings is 2. The van der Waals surface area contributed by atoms with E-state index >= 15 is 0 Å². The van der Waals surface area contributed by atoms with Crippen molar-refractivity contribution < 1.29 is 14.3 Å². The maximum atomic E-state index is 11.8. The fraction of sp³-hybridized carbons (Fsp3) is 0.333. The van der Waals surface area contributed by atoms with Crippen molar-refractivity contribution in [2.45, 2.75) is 33.1 Å². The third-order valence-electron chi connectivity index (χ3n) is 3.72. The molecule has 0 fully saturated rings. The predicted octanol–water partition coefficient (Wildman–Crippen LogP) is 3.96. The van der Waals surface area contributed by atoms with E-state index in [1.165, 1.54) is 18.4 Å². The molecule has 0 bridgehead atoms. The van der Waals surface area contributed by atoms with E-state index in [1.54, 1.807) is 6.21 Å². The van der Waals surface area contributed by atoms with E-state index < -0.39 is 0 Å². The molecule has 0 aromatic heterocycles. The molecule has 0 spiro atoms. The molecule has 0 aliphatic carbocycles. The fourth-order valence-electron chi connectivity index (χ4n) is 2.36. The summed E-state index contributed by atoms with van der Waals surface area (Å²) in [5.74, 6) is 1.09. The molecule has 2 rings (SSSR count). The number of carbonyl (C=O) groups excluding carboxylic acids is 1. The Labute approximate surface area is 155 Å². The van der Waals surface area contributed by atoms with Crippen LogP contribution in [0.1, 0.15) is 37.8 Å². The van der Waals surface area contributed by atoms with E-state index in [-0.39, 0.29) is 12.5 Å². The van der Waals surface area contributed by atoms with E-state index in [9.17, 15) is 4.79 Å². The zero-order valence-corrected chi connectivity index (χ0v) is 15.4. The molecule has 2 aromatic carbocycles. The molecule has 0 unspecified atom stereocenters. The molecule has 5 heteroatoms. The molecule has 0 radical (unpaired) electrons. The number of rotatable bonds is 10. The summed E-state index contributed by atoms with van der Waals surface area (Å²) in [5, 5.41) is 3.96. The standard InChI is InChI=1S/C21H26N2O3/c1-3-5-8-17-11-13-19(14-12-17)26-16-21(24)23-22-15-18-9-6-7-10-20(18)25-4-2/h6-7,9-15H,3-5,8,16H2,1-2H3,(H,23,24)/b22-15+. The number of amides is 1. The lowest BCUT2D eigenvalue weighted by Gasteiger charge is -2.07. The smallest absolute Gasteiger partial charge is 0.277 e. The number of nitrogens with one attached hydrogen (secondary N) is 1. The van der Waals surface area contributed by atoms with Crippen LogP contribution in [-0.4, -0.2) is 25.3 Å². The van der Waals surface area contributed by atoms with Gasteiger partial charge in [-0.25, -0.2) is 5.43 Å². The highest BCUT2D eigenvalue weighted by Gasteiger charge is 2.03. The van der Waals surface area contributed by atoms with Crippen molar-refractivity contribution >= 4 is 12.1 Å². The average molecular weight is 354 g/mol. The topological polar surface area (TPSA) is 59.9 Å². The van der Waals surface area contributed by atoms with Gasteiger partial charge in [-0.05, 0) is 49.6 Å². The Kier molecular flexibility index (Phi) is 8.19. The van der Waals surface area contributed by atoms with E-state index in [0.29, 0.717) is 12.4 Å². The molecule has 2 aromatic rings. The van der Waals surface area contributed by atoms with E-state index in [1.807, 2.05) is 55.5 Å². The van der Waals surface area contributed by atoms with Crippen LogP contribution < -0.4 is 14.9 Å². The Bertz CT molecular complexity index is 711. The first-order chi connectivity index (χ1) is 12.7. The highest BCUT2D eigenvalue weighted by molar-refractivity contribution is 5.85. The number of carbonyl (C=O) groups is 1. The molecule has 26 heavy (non-hydrogen) atoms. The van der Waals surface area contributed by atoms with Gasteiger partial charge in [0.15, 0.2) is 6.61 Å². The van der Waals surface area contributed by atoms with Crippen molar-refractivity contribution in [1.82, 2.24) is 5.43 Å². The number of nitrogens with zero attached hydrogens (tertiary/aromatic N) is 1. The molecule has 0 saturated heterocycles. The van der Waals surface area contributed by atoms with Crippen LogP contribution in [0.4, 0.5) is 0 Å². The molecule has 1 amide bonds. The third-order valence-corrected chi connectivity index (χ3v) is 3.72. The number of para-hydroxylation sites is 1. The van der Waals surface area contributed by atoms with Gasteiger partial charge >= 0.3 is 0 Å². The monoisotopic (exact) mass is 354 g/mol. The Morgan fingerprint density at radius 2 is 1.85 bits per heavy atom. The van der Waals surface area contributed by atoms with Gasteiger partial charge < -0.3 is 9.47 Å². The summed E-state index contributed by atoms with van der Waals surface area (Å²) in [6.45, 7) is 4.58. The van der Waals surface area contributed by atoms with Crippen LogP contribution in [0.3, 0.4) is 0 Å². The van der Waals surface area contributed by atoms with E-state index in [2.05, 4.69) is 17.5 Å². The van der Waals surface area contributed by atoms with Gasteiger partial charge in [0.25, 0.3) is 5.91 Å². The number of hydrazone groups is 1. The van der Waals surface area contributed by atoms with Gasteiger partial charge in [0.2, 0.25) is 0 Å². The van der Waals surface area contributed by atoms with Crippen LogP contribution >= 0.6 is 0 Å². The van der Waals surface area contributed by atoms with Gasteiger partial charge in [-0.3, -0.25) is 4.79 Å². The second kappa shape index (κ2) is 10.9. The second-order valence-corrected chi connectivity index (χ2v) is 5.80. The number of hydrogen-bond acceptors (Lipinski definition) is 4. The zero-order chi connectivity index (χ0) is 18.6. The van der Waals surface area contributed by atoms with Crippen LogP contribution in [0.25, 0.3) is 0 Å². The van der Waals surface area contributed by atoms with Crippen LogP contribution in [0.2, 0.25) is 0 Å². The molecule has 0 heterocycles. The number of unbranched alkanes of at least 4 members (excludes halogenated alkanes) is 1. The normalized spacial score (nSPS) is 10.7. The number of hydrogen-bond donors (Lipinski definition) is 1. The van der Waals surface area contributed by atoms with Crippen molar-refractivity contribution in [1.29, 1.82) is 0 Å². The minimum absolute atomic E-state index is 0.0846. The Morgan fingerprint density at radius 3 is 2.58 bits per heavy atom. The highest BCUT2D eigenvalue weighted by Crippen LogP contribution is 2.15. The third kappa shape index (κ3) is 6.59. The van der Waals surface area contributed by atoms with Crippen molar-refractivity contribution in [3.8, 4) is 11.5 Å². The van der Waals surface area contributed by atoms with E-state index in [0.717, 1.165) is 17.7 Å². The van der Waals surface area contributed by atoms with Crippen molar-refractivity contribution in [3.05, 3.63) is 59.7 Å². The SMILES string of the molecule is CCCCc1ccc(OCC(=O)N/N=C/c2ccccc2OCC)cc1. The zero-order valence-electron chi connectivity index (χ0n) is 15.4. The number of ether oxygens (including phenoxy) is 2. The Hall–Kier alpha value is -2.82. The summed E-state index contributed by atoms with van der Waals surface area (Å²) in [7, 11) is 0. The summed E-state index contributed by atoms with van der Waals surface area (Å²) in [4.78, 5) is 11.8. The summed E-state index contributed by atoms with van der Waals surface area (Å²) in [6, 6.07) is 15.4. The van der Waals surface area contributed by atoms with Crippen LogP contribution in [0, 0.1) is 0 Å². The number of aryl methyl sites for hydroxylation is 1. The van der Waals surface area contributed by atoms with Gasteiger partial charge in [-0.2, -0.15) is 5.10 Å². The van der Waals surface area contributed by atoms with Gasteiger partial charge in [0.1, 0.15) is 11.5 Å². The van der Waals surface area contributed by atoms with Crippen molar-refractivity contribution in [2.75, 3.05) is 13.2 Å². The van der Waals surface area contributed by atoms with Crippen LogP contribution in [0.5, 0.6) is 11.5 Å². The van der Waals surface area contributed by atoms with Crippen LogP contribution in [0.15, 0.2) is 53.6 Å². The molecule has 0 saturated carbocycles. The maximum absolute atomic E-state index is 11.8. The Morgan fingerprint density at radius 1 is 1.08 bits per heavy atom. The summed E-state index contributed by atoms with van der Waals surface area (Å²) in [5.41, 5.74) is 4.54. The molecule has 0 aliphatic rings. The average Bonchev–Trinajstić information content (AvgIpc) is 2.67.